The first-order valence-electron chi connectivity index (χ1n) is 6.47. The first-order valence-corrected chi connectivity index (χ1v) is 6.47. The van der Waals surface area contributed by atoms with E-state index in [0.717, 1.165) is 18.4 Å². The second kappa shape index (κ2) is 7.88. The Morgan fingerprint density at radius 1 is 1.24 bits per heavy atom. The minimum absolute atomic E-state index is 0.0924. The van der Waals surface area contributed by atoms with E-state index >= 15 is 0 Å². The molecule has 94 valence electrons. The zero-order chi connectivity index (χ0) is 12.5. The van der Waals surface area contributed by atoms with Crippen molar-refractivity contribution in [3.63, 3.8) is 0 Å². The van der Waals surface area contributed by atoms with Gasteiger partial charge in [-0.2, -0.15) is 0 Å². The molecule has 0 saturated heterocycles. The summed E-state index contributed by atoms with van der Waals surface area (Å²) < 4.78 is 5.30. The van der Waals surface area contributed by atoms with E-state index < -0.39 is 0 Å². The van der Waals surface area contributed by atoms with Crippen molar-refractivity contribution in [2.24, 2.45) is 5.92 Å². The Morgan fingerprint density at radius 2 is 1.94 bits per heavy atom. The van der Waals surface area contributed by atoms with Gasteiger partial charge in [-0.3, -0.25) is 4.79 Å². The van der Waals surface area contributed by atoms with Crippen LogP contribution in [0.25, 0.3) is 0 Å². The highest BCUT2D eigenvalue weighted by atomic mass is 16.5. The molecule has 1 aromatic rings. The van der Waals surface area contributed by atoms with Crippen LogP contribution in [0.15, 0.2) is 30.3 Å². The molecule has 0 aliphatic rings. The maximum absolute atomic E-state index is 10.7. The van der Waals surface area contributed by atoms with Crippen LogP contribution in [0, 0.1) is 5.92 Å². The molecule has 0 heterocycles. The van der Waals surface area contributed by atoms with E-state index in [1.54, 1.807) is 0 Å². The average Bonchev–Trinajstić information content (AvgIpc) is 2.39. The van der Waals surface area contributed by atoms with Gasteiger partial charge in [0.05, 0.1) is 0 Å². The van der Waals surface area contributed by atoms with Crippen LogP contribution in [-0.4, -0.2) is 6.47 Å². The van der Waals surface area contributed by atoms with Crippen LogP contribution >= 0.6 is 0 Å². The summed E-state index contributed by atoms with van der Waals surface area (Å²) in [6.45, 7) is 4.92. The topological polar surface area (TPSA) is 26.3 Å². The molecule has 0 saturated carbocycles. The number of ether oxygens (including phenoxy) is 1. The lowest BCUT2D eigenvalue weighted by atomic mass is 9.89. The third-order valence-corrected chi connectivity index (χ3v) is 3.21. The van der Waals surface area contributed by atoms with Gasteiger partial charge in [0.1, 0.15) is 6.10 Å². The highest BCUT2D eigenvalue weighted by Gasteiger charge is 2.22. The molecule has 0 amide bonds. The van der Waals surface area contributed by atoms with Crippen molar-refractivity contribution in [2.45, 2.75) is 45.6 Å². The Morgan fingerprint density at radius 3 is 2.47 bits per heavy atom. The molecular formula is C15H22O2. The zero-order valence-electron chi connectivity index (χ0n) is 10.8. The number of carbonyl (C=O) groups is 1. The Kier molecular flexibility index (Phi) is 6.38. The van der Waals surface area contributed by atoms with Gasteiger partial charge in [0, 0.05) is 0 Å². The van der Waals surface area contributed by atoms with Gasteiger partial charge in [0.25, 0.3) is 6.47 Å². The number of rotatable bonds is 8. The Hall–Kier alpha value is -1.31. The molecule has 2 atom stereocenters. The van der Waals surface area contributed by atoms with Crippen molar-refractivity contribution in [3.8, 4) is 0 Å². The van der Waals surface area contributed by atoms with Crippen molar-refractivity contribution >= 4 is 6.47 Å². The van der Waals surface area contributed by atoms with E-state index in [1.807, 2.05) is 30.3 Å². The zero-order valence-corrected chi connectivity index (χ0v) is 10.8. The number of unbranched alkanes of at least 4 members (excludes halogenated alkanes) is 1. The van der Waals surface area contributed by atoms with Gasteiger partial charge >= 0.3 is 0 Å². The second-order valence-corrected chi connectivity index (χ2v) is 4.37. The van der Waals surface area contributed by atoms with Gasteiger partial charge in [-0.1, -0.05) is 57.0 Å². The lowest BCUT2D eigenvalue weighted by Gasteiger charge is -2.25. The molecule has 0 aromatic heterocycles. The molecule has 0 spiro atoms. The number of benzene rings is 1. The summed E-state index contributed by atoms with van der Waals surface area (Å²) in [5.74, 6) is 0.419. The Labute approximate surface area is 104 Å². The summed E-state index contributed by atoms with van der Waals surface area (Å²) in [6, 6.07) is 10.0. The van der Waals surface area contributed by atoms with Crippen LogP contribution < -0.4 is 0 Å². The molecule has 17 heavy (non-hydrogen) atoms. The fourth-order valence-electron chi connectivity index (χ4n) is 2.20. The molecule has 0 fully saturated rings. The predicted octanol–water partition coefficient (Wildman–Crippen LogP) is 4.12. The van der Waals surface area contributed by atoms with Crippen LogP contribution in [-0.2, 0) is 9.53 Å². The largest absolute Gasteiger partial charge is 0.459 e. The molecular weight excluding hydrogens is 212 g/mol. The summed E-state index contributed by atoms with van der Waals surface area (Å²) in [4.78, 5) is 10.7. The molecule has 2 unspecified atom stereocenters. The monoisotopic (exact) mass is 234 g/mol. The van der Waals surface area contributed by atoms with E-state index in [4.69, 9.17) is 4.74 Å². The average molecular weight is 234 g/mol. The minimum atomic E-state index is -0.0924. The molecule has 0 aliphatic heterocycles. The van der Waals surface area contributed by atoms with Crippen LogP contribution in [0.3, 0.4) is 0 Å². The third kappa shape index (κ3) is 4.22. The first kappa shape index (κ1) is 13.8. The summed E-state index contributed by atoms with van der Waals surface area (Å²) in [5.41, 5.74) is 1.10. The van der Waals surface area contributed by atoms with Crippen molar-refractivity contribution in [3.05, 3.63) is 35.9 Å². The summed E-state index contributed by atoms with van der Waals surface area (Å²) in [7, 11) is 0. The quantitative estimate of drug-likeness (QED) is 0.632. The van der Waals surface area contributed by atoms with Crippen molar-refractivity contribution in [2.75, 3.05) is 0 Å². The Balaban J connectivity index is 2.79. The standard InChI is InChI=1S/C15H22O2/c1-3-5-9-13(4-2)15(17-12-16)14-10-7-6-8-11-14/h6-8,10-13,15H,3-5,9H2,1-2H3. The minimum Gasteiger partial charge on any atom is -0.459 e. The fourth-order valence-corrected chi connectivity index (χ4v) is 2.20. The smallest absolute Gasteiger partial charge is 0.293 e. The number of hydrogen-bond acceptors (Lipinski definition) is 2. The molecule has 0 aliphatic carbocycles. The maximum Gasteiger partial charge on any atom is 0.293 e. The Bertz CT molecular complexity index is 308. The van der Waals surface area contributed by atoms with Crippen molar-refractivity contribution < 1.29 is 9.53 Å². The second-order valence-electron chi connectivity index (χ2n) is 4.37. The van der Waals surface area contributed by atoms with E-state index in [-0.39, 0.29) is 6.10 Å². The van der Waals surface area contributed by atoms with E-state index in [2.05, 4.69) is 13.8 Å². The van der Waals surface area contributed by atoms with Gasteiger partial charge in [0.2, 0.25) is 0 Å². The molecule has 2 nitrogen and oxygen atoms in total. The summed E-state index contributed by atoms with van der Waals surface area (Å²) >= 11 is 0. The number of hydrogen-bond donors (Lipinski definition) is 0. The summed E-state index contributed by atoms with van der Waals surface area (Å²) in [5, 5.41) is 0. The highest BCUT2D eigenvalue weighted by molar-refractivity contribution is 5.38. The van der Waals surface area contributed by atoms with E-state index in [0.29, 0.717) is 12.4 Å². The normalized spacial score (nSPS) is 14.0. The predicted molar refractivity (Wildman–Crippen MR) is 69.6 cm³/mol. The van der Waals surface area contributed by atoms with Crippen LogP contribution in [0.5, 0.6) is 0 Å². The highest BCUT2D eigenvalue weighted by Crippen LogP contribution is 2.31. The lowest BCUT2D eigenvalue weighted by Crippen LogP contribution is -2.15. The molecule has 1 aromatic carbocycles. The van der Waals surface area contributed by atoms with Gasteiger partial charge in [-0.25, -0.2) is 0 Å². The van der Waals surface area contributed by atoms with Crippen molar-refractivity contribution in [1.82, 2.24) is 0 Å². The van der Waals surface area contributed by atoms with Gasteiger partial charge in [0.15, 0.2) is 0 Å². The molecule has 1 rings (SSSR count). The lowest BCUT2D eigenvalue weighted by molar-refractivity contribution is -0.137. The van der Waals surface area contributed by atoms with Crippen LogP contribution in [0.1, 0.15) is 51.2 Å². The van der Waals surface area contributed by atoms with E-state index in [9.17, 15) is 4.79 Å². The molecule has 0 bridgehead atoms. The summed E-state index contributed by atoms with van der Waals surface area (Å²) in [6.07, 6.45) is 4.42. The SMILES string of the molecule is CCCCC(CC)C(OC=O)c1ccccc1. The molecule has 0 radical (unpaired) electrons. The first-order chi connectivity index (χ1) is 8.33. The van der Waals surface area contributed by atoms with Gasteiger partial charge < -0.3 is 4.74 Å². The maximum atomic E-state index is 10.7. The number of carbonyl (C=O) groups excluding carboxylic acids is 1. The van der Waals surface area contributed by atoms with Crippen molar-refractivity contribution in [1.29, 1.82) is 0 Å². The molecule has 0 N–H and O–H groups in total. The third-order valence-electron chi connectivity index (χ3n) is 3.21. The van der Waals surface area contributed by atoms with Gasteiger partial charge in [-0.05, 0) is 24.3 Å². The van der Waals surface area contributed by atoms with Crippen LogP contribution in [0.2, 0.25) is 0 Å². The van der Waals surface area contributed by atoms with Crippen LogP contribution in [0.4, 0.5) is 0 Å². The molecule has 2 heteroatoms. The fraction of sp³-hybridized carbons (Fsp3) is 0.533. The van der Waals surface area contributed by atoms with Gasteiger partial charge in [-0.15, -0.1) is 0 Å². The van der Waals surface area contributed by atoms with E-state index in [1.165, 1.54) is 12.8 Å².